The number of hydrogen-bond acceptors (Lipinski definition) is 8. The number of benzene rings is 1. The number of para-hydroxylation sites is 1. The summed E-state index contributed by atoms with van der Waals surface area (Å²) in [7, 11) is 4.00. The van der Waals surface area contributed by atoms with Crippen molar-refractivity contribution in [2.75, 3.05) is 33.0 Å². The van der Waals surface area contributed by atoms with Gasteiger partial charge in [-0.05, 0) is 60.8 Å². The fraction of sp³-hybridized carbons (Fsp3) is 0.154. The lowest BCUT2D eigenvalue weighted by Gasteiger charge is -2.12. The number of rotatable bonds is 8. The van der Waals surface area contributed by atoms with Crippen LogP contribution >= 0.6 is 11.3 Å². The molecule has 4 heterocycles. The lowest BCUT2D eigenvalue weighted by atomic mass is 10.1. The largest absolute Gasteiger partial charge is 0.491 e. The number of nitrogens with zero attached hydrogens (tertiary/aromatic N) is 4. The number of nitrogens with one attached hydrogen (secondary N) is 2. The third kappa shape index (κ3) is 4.77. The average molecular weight is 484 g/mol. The molecule has 0 atom stereocenters. The summed E-state index contributed by atoms with van der Waals surface area (Å²) in [6.45, 7) is 1.36. The van der Waals surface area contributed by atoms with Crippen LogP contribution in [0.3, 0.4) is 0 Å². The summed E-state index contributed by atoms with van der Waals surface area (Å²) in [5, 5.41) is 13.0. The number of imidazole rings is 1. The Balaban J connectivity index is 1.46. The predicted molar refractivity (Wildman–Crippen MR) is 141 cm³/mol. The Hall–Kier alpha value is -4.08. The first kappa shape index (κ1) is 22.7. The van der Waals surface area contributed by atoms with Gasteiger partial charge in [0.05, 0.1) is 28.6 Å². The van der Waals surface area contributed by atoms with E-state index in [1.807, 2.05) is 49.8 Å². The molecule has 9 heteroatoms. The number of nitrogen functional groups attached to an aromatic ring is 1. The summed E-state index contributed by atoms with van der Waals surface area (Å²) in [4.78, 5) is 19.1. The highest BCUT2D eigenvalue weighted by Crippen LogP contribution is 2.30. The van der Waals surface area contributed by atoms with Gasteiger partial charge in [0.2, 0.25) is 0 Å². The molecule has 35 heavy (non-hydrogen) atoms. The Kier molecular flexibility index (Phi) is 6.26. The third-order valence-corrected chi connectivity index (χ3v) is 6.24. The molecular weight excluding hydrogens is 458 g/mol. The minimum Gasteiger partial charge on any atom is -0.491 e. The van der Waals surface area contributed by atoms with Crippen molar-refractivity contribution in [1.29, 1.82) is 5.41 Å². The molecule has 5 aromatic rings. The minimum atomic E-state index is 0.128. The number of aromatic nitrogens is 4. The van der Waals surface area contributed by atoms with Crippen LogP contribution in [0.4, 0.5) is 5.69 Å². The van der Waals surface area contributed by atoms with Gasteiger partial charge in [0, 0.05) is 23.9 Å². The summed E-state index contributed by atoms with van der Waals surface area (Å²) in [5.74, 6) is 1.08. The molecular formula is C26H25N7OS. The van der Waals surface area contributed by atoms with Crippen LogP contribution in [-0.2, 0) is 0 Å². The maximum absolute atomic E-state index is 8.84. The highest BCUT2D eigenvalue weighted by Gasteiger charge is 2.18. The van der Waals surface area contributed by atoms with E-state index >= 15 is 0 Å². The number of aromatic amines is 1. The molecule has 0 saturated heterocycles. The summed E-state index contributed by atoms with van der Waals surface area (Å²) in [5.41, 5.74) is 12.4. The van der Waals surface area contributed by atoms with Gasteiger partial charge in [-0.15, -0.1) is 0 Å². The van der Waals surface area contributed by atoms with Crippen molar-refractivity contribution in [2.45, 2.75) is 0 Å². The van der Waals surface area contributed by atoms with Gasteiger partial charge in [0.15, 0.2) is 5.82 Å². The van der Waals surface area contributed by atoms with Crippen molar-refractivity contribution in [3.63, 3.8) is 0 Å². The zero-order chi connectivity index (χ0) is 24.4. The normalized spacial score (nSPS) is 11.3. The average Bonchev–Trinajstić information content (AvgIpc) is 3.54. The highest BCUT2D eigenvalue weighted by atomic mass is 32.1. The summed E-state index contributed by atoms with van der Waals surface area (Å²) >= 11 is 1.64. The molecule has 1 aromatic carbocycles. The van der Waals surface area contributed by atoms with Gasteiger partial charge in [0.1, 0.15) is 23.8 Å². The highest BCUT2D eigenvalue weighted by molar-refractivity contribution is 7.08. The molecule has 0 saturated carbocycles. The van der Waals surface area contributed by atoms with E-state index in [9.17, 15) is 0 Å². The van der Waals surface area contributed by atoms with Crippen molar-refractivity contribution in [2.24, 2.45) is 0 Å². The molecule has 5 rings (SSSR count). The first-order valence-corrected chi connectivity index (χ1v) is 12.0. The number of H-pyrrole nitrogens is 1. The topological polar surface area (TPSA) is 117 Å². The van der Waals surface area contributed by atoms with Crippen molar-refractivity contribution < 1.29 is 4.74 Å². The number of likely N-dealkylation sites (N-methyl/N-ethyl adjacent to an activating group) is 1. The Bertz CT molecular complexity index is 1490. The van der Waals surface area contributed by atoms with Crippen molar-refractivity contribution in [3.05, 3.63) is 77.1 Å². The van der Waals surface area contributed by atoms with E-state index < -0.39 is 0 Å². The van der Waals surface area contributed by atoms with E-state index in [0.717, 1.165) is 34.3 Å². The van der Waals surface area contributed by atoms with E-state index in [1.165, 1.54) is 0 Å². The zero-order valence-corrected chi connectivity index (χ0v) is 20.3. The number of thiophene rings is 1. The van der Waals surface area contributed by atoms with Crippen LogP contribution in [0.2, 0.25) is 0 Å². The summed E-state index contributed by atoms with van der Waals surface area (Å²) in [6, 6.07) is 13.5. The van der Waals surface area contributed by atoms with E-state index in [2.05, 4.69) is 26.3 Å². The van der Waals surface area contributed by atoms with Crippen molar-refractivity contribution in [1.82, 2.24) is 24.8 Å². The molecule has 0 radical (unpaired) electrons. The first-order chi connectivity index (χ1) is 17.0. The van der Waals surface area contributed by atoms with Gasteiger partial charge >= 0.3 is 0 Å². The number of pyridine rings is 2. The fourth-order valence-electron chi connectivity index (χ4n) is 3.73. The maximum atomic E-state index is 8.84. The number of fused-ring (bicyclic) bond motifs is 1. The lowest BCUT2D eigenvalue weighted by Crippen LogP contribution is -2.19. The smallest absolute Gasteiger partial charge is 0.158 e. The summed E-state index contributed by atoms with van der Waals surface area (Å²) in [6.07, 6.45) is 3.40. The van der Waals surface area contributed by atoms with Crippen LogP contribution < -0.4 is 10.5 Å². The fourth-order valence-corrected chi connectivity index (χ4v) is 4.38. The number of hydrogen-bond donors (Lipinski definition) is 3. The molecule has 4 aromatic heterocycles. The Morgan fingerprint density at radius 1 is 1.11 bits per heavy atom. The van der Waals surface area contributed by atoms with Crippen molar-refractivity contribution in [3.8, 4) is 28.1 Å². The van der Waals surface area contributed by atoms with E-state index in [1.54, 1.807) is 29.8 Å². The molecule has 0 bridgehead atoms. The van der Waals surface area contributed by atoms with Crippen LogP contribution in [0.5, 0.6) is 5.75 Å². The SMILES string of the molecule is CN(C)CCOc1cncc(-c2ccc(N)c(C(=N)c3nc4c(-c5ccsc5)cccc4[nH]3)n2)c1. The van der Waals surface area contributed by atoms with Crippen LogP contribution in [0.15, 0.2) is 65.6 Å². The molecule has 0 amide bonds. The van der Waals surface area contributed by atoms with Gasteiger partial charge in [-0.3, -0.25) is 10.4 Å². The number of nitrogens with two attached hydrogens (primary N) is 1. The lowest BCUT2D eigenvalue weighted by molar-refractivity contribution is 0.261. The quantitative estimate of drug-likeness (QED) is 0.276. The standard InChI is InChI=1S/C26H25N7OS/c1-33(2)9-10-34-18-12-17(13-29-14-18)21-7-6-20(27)25(30-21)23(28)26-31-22-5-3-4-19(24(22)32-26)16-8-11-35-15-16/h3-8,11-15,28H,9-10,27H2,1-2H3,(H,31,32). The third-order valence-electron chi connectivity index (χ3n) is 5.56. The maximum Gasteiger partial charge on any atom is 0.158 e. The molecule has 8 nitrogen and oxygen atoms in total. The second-order valence-electron chi connectivity index (χ2n) is 8.37. The second-order valence-corrected chi connectivity index (χ2v) is 9.15. The predicted octanol–water partition coefficient (Wildman–Crippen LogP) is 4.69. The number of anilines is 1. The molecule has 0 aliphatic rings. The van der Waals surface area contributed by atoms with E-state index in [0.29, 0.717) is 35.3 Å². The minimum absolute atomic E-state index is 0.128. The Morgan fingerprint density at radius 3 is 2.80 bits per heavy atom. The van der Waals surface area contributed by atoms with E-state index in [4.69, 9.17) is 25.8 Å². The van der Waals surface area contributed by atoms with Crippen LogP contribution in [0.1, 0.15) is 11.5 Å². The van der Waals surface area contributed by atoms with Crippen LogP contribution in [-0.4, -0.2) is 57.8 Å². The van der Waals surface area contributed by atoms with Crippen molar-refractivity contribution >= 4 is 33.8 Å². The Labute approximate surface area is 207 Å². The van der Waals surface area contributed by atoms with Gasteiger partial charge in [-0.2, -0.15) is 11.3 Å². The van der Waals surface area contributed by atoms with Crippen LogP contribution in [0, 0.1) is 5.41 Å². The molecule has 0 spiro atoms. The molecule has 0 unspecified atom stereocenters. The zero-order valence-electron chi connectivity index (χ0n) is 19.4. The molecule has 0 fully saturated rings. The second kappa shape index (κ2) is 9.65. The van der Waals surface area contributed by atoms with Gasteiger partial charge in [-0.1, -0.05) is 12.1 Å². The number of ether oxygens (including phenoxy) is 1. The van der Waals surface area contributed by atoms with Gasteiger partial charge in [0.25, 0.3) is 0 Å². The monoisotopic (exact) mass is 483 g/mol. The van der Waals surface area contributed by atoms with E-state index in [-0.39, 0.29) is 5.71 Å². The van der Waals surface area contributed by atoms with Gasteiger partial charge in [-0.25, -0.2) is 9.97 Å². The summed E-state index contributed by atoms with van der Waals surface area (Å²) < 4.78 is 5.81. The molecule has 0 aliphatic heterocycles. The molecule has 0 aliphatic carbocycles. The van der Waals surface area contributed by atoms with Gasteiger partial charge < -0.3 is 20.4 Å². The van der Waals surface area contributed by atoms with Crippen LogP contribution in [0.25, 0.3) is 33.4 Å². The molecule has 176 valence electrons. The Morgan fingerprint density at radius 2 is 2.00 bits per heavy atom. The molecule has 4 N–H and O–H groups in total. The first-order valence-electron chi connectivity index (χ1n) is 11.1.